The quantitative estimate of drug-likeness (QED) is 0.673. The number of nitrogens with two attached hydrogens (primary N) is 1. The van der Waals surface area contributed by atoms with Gasteiger partial charge >= 0.3 is 0 Å². The average Bonchev–Trinajstić information content (AvgIpc) is 2.16. The normalized spacial score (nSPS) is 15.1. The number of nitrogens with one attached hydrogen (secondary N) is 1. The highest BCUT2D eigenvalue weighted by Gasteiger charge is 2.17. The first-order chi connectivity index (χ1) is 7.88. The predicted molar refractivity (Wildman–Crippen MR) is 72.8 cm³/mol. The first-order valence-corrected chi connectivity index (χ1v) is 6.57. The summed E-state index contributed by atoms with van der Waals surface area (Å²) in [5.74, 6) is 0.591. The molecule has 4 heteroatoms. The van der Waals surface area contributed by atoms with Crippen molar-refractivity contribution < 1.29 is 4.79 Å². The zero-order valence-corrected chi connectivity index (χ0v) is 12.0. The van der Waals surface area contributed by atoms with Crippen molar-refractivity contribution in [1.29, 1.82) is 0 Å². The van der Waals surface area contributed by atoms with Crippen LogP contribution in [-0.2, 0) is 4.79 Å². The van der Waals surface area contributed by atoms with E-state index in [2.05, 4.69) is 31.0 Å². The Balaban J connectivity index is 3.96. The Morgan fingerprint density at radius 1 is 1.35 bits per heavy atom. The largest absolute Gasteiger partial charge is 0.354 e. The minimum Gasteiger partial charge on any atom is -0.354 e. The summed E-state index contributed by atoms with van der Waals surface area (Å²) in [6.07, 6.45) is 2.38. The van der Waals surface area contributed by atoms with Gasteiger partial charge in [0.05, 0.1) is 0 Å². The molecule has 0 aliphatic carbocycles. The summed E-state index contributed by atoms with van der Waals surface area (Å²) in [7, 11) is 4.08. The van der Waals surface area contributed by atoms with E-state index in [-0.39, 0.29) is 11.9 Å². The number of nitrogens with zero attached hydrogens (tertiary/aromatic N) is 1. The van der Waals surface area contributed by atoms with Crippen LogP contribution in [-0.4, -0.2) is 43.5 Å². The maximum absolute atomic E-state index is 11.7. The topological polar surface area (TPSA) is 58.4 Å². The van der Waals surface area contributed by atoms with E-state index in [0.29, 0.717) is 24.9 Å². The first-order valence-electron chi connectivity index (χ1n) is 6.57. The Bertz CT molecular complexity index is 209. The molecule has 0 saturated heterocycles. The van der Waals surface area contributed by atoms with Crippen molar-refractivity contribution in [2.45, 2.75) is 52.1 Å². The molecule has 0 aromatic carbocycles. The number of carbonyl (C=O) groups excluding carboxylic acids is 1. The number of rotatable bonds is 8. The fourth-order valence-electron chi connectivity index (χ4n) is 2.02. The summed E-state index contributed by atoms with van der Waals surface area (Å²) in [4.78, 5) is 13.8. The molecule has 4 nitrogen and oxygen atoms in total. The molecule has 102 valence electrons. The van der Waals surface area contributed by atoms with Gasteiger partial charge in [0, 0.05) is 25.0 Å². The van der Waals surface area contributed by atoms with Crippen LogP contribution in [0.5, 0.6) is 0 Å². The number of carbonyl (C=O) groups is 1. The van der Waals surface area contributed by atoms with Gasteiger partial charge < -0.3 is 16.0 Å². The molecule has 0 aromatic rings. The van der Waals surface area contributed by atoms with E-state index in [1.54, 1.807) is 0 Å². The Morgan fingerprint density at radius 3 is 2.35 bits per heavy atom. The lowest BCUT2D eigenvalue weighted by Gasteiger charge is -2.28. The van der Waals surface area contributed by atoms with Crippen molar-refractivity contribution in [3.8, 4) is 0 Å². The van der Waals surface area contributed by atoms with Crippen molar-refractivity contribution in [1.82, 2.24) is 10.2 Å². The minimum atomic E-state index is -0.00291. The lowest BCUT2D eigenvalue weighted by molar-refractivity contribution is -0.121. The summed E-state index contributed by atoms with van der Waals surface area (Å²) in [5.41, 5.74) is 5.84. The Morgan fingerprint density at radius 2 is 1.94 bits per heavy atom. The number of hydrogen-bond acceptors (Lipinski definition) is 3. The van der Waals surface area contributed by atoms with Crippen LogP contribution >= 0.6 is 0 Å². The summed E-state index contributed by atoms with van der Waals surface area (Å²) in [5, 5.41) is 2.97. The summed E-state index contributed by atoms with van der Waals surface area (Å²) in [6.45, 7) is 7.11. The third kappa shape index (κ3) is 7.34. The van der Waals surface area contributed by atoms with Crippen LogP contribution in [0.1, 0.15) is 40.0 Å². The third-order valence-corrected chi connectivity index (χ3v) is 3.05. The first kappa shape index (κ1) is 16.4. The van der Waals surface area contributed by atoms with Gasteiger partial charge in [0.15, 0.2) is 0 Å². The van der Waals surface area contributed by atoms with Gasteiger partial charge in [0.2, 0.25) is 5.91 Å². The van der Waals surface area contributed by atoms with E-state index in [1.807, 2.05) is 14.1 Å². The lowest BCUT2D eigenvalue weighted by atomic mass is 10.0. The second kappa shape index (κ2) is 8.48. The predicted octanol–water partition coefficient (Wildman–Crippen LogP) is 1.21. The molecule has 0 saturated carbocycles. The Labute approximate surface area is 106 Å². The van der Waals surface area contributed by atoms with Gasteiger partial charge in [-0.1, -0.05) is 27.2 Å². The monoisotopic (exact) mass is 243 g/mol. The molecule has 0 heterocycles. The third-order valence-electron chi connectivity index (χ3n) is 3.05. The van der Waals surface area contributed by atoms with E-state index in [9.17, 15) is 4.79 Å². The van der Waals surface area contributed by atoms with Crippen LogP contribution < -0.4 is 11.1 Å². The molecule has 0 aliphatic rings. The van der Waals surface area contributed by atoms with Gasteiger partial charge in [-0.2, -0.15) is 0 Å². The van der Waals surface area contributed by atoms with Crippen LogP contribution in [0.15, 0.2) is 0 Å². The Hall–Kier alpha value is -0.610. The highest BCUT2D eigenvalue weighted by molar-refractivity contribution is 5.76. The smallest absolute Gasteiger partial charge is 0.221 e. The molecule has 2 unspecified atom stereocenters. The summed E-state index contributed by atoms with van der Waals surface area (Å²) < 4.78 is 0. The molecule has 3 N–H and O–H groups in total. The molecule has 17 heavy (non-hydrogen) atoms. The minimum absolute atomic E-state index is 0.00291. The molecule has 0 spiro atoms. The van der Waals surface area contributed by atoms with Crippen LogP contribution in [0.2, 0.25) is 0 Å². The van der Waals surface area contributed by atoms with Crippen LogP contribution in [0.3, 0.4) is 0 Å². The molecule has 0 aliphatic heterocycles. The SMILES string of the molecule is CCCC(N)CC(=O)NCC(C(C)C)N(C)C. The number of amides is 1. The van der Waals surface area contributed by atoms with Crippen molar-refractivity contribution in [3.63, 3.8) is 0 Å². The molecule has 0 radical (unpaired) electrons. The zero-order chi connectivity index (χ0) is 13.4. The lowest BCUT2D eigenvalue weighted by Crippen LogP contribution is -2.44. The van der Waals surface area contributed by atoms with E-state index in [4.69, 9.17) is 5.73 Å². The highest BCUT2D eigenvalue weighted by Crippen LogP contribution is 2.06. The number of likely N-dealkylation sites (N-methyl/N-ethyl adjacent to an activating group) is 1. The second-order valence-electron chi connectivity index (χ2n) is 5.33. The maximum atomic E-state index is 11.7. The fourth-order valence-corrected chi connectivity index (χ4v) is 2.02. The van der Waals surface area contributed by atoms with E-state index < -0.39 is 0 Å². The standard InChI is InChI=1S/C13H29N3O/c1-6-7-11(14)8-13(17)15-9-12(10(2)3)16(4)5/h10-12H,6-9,14H2,1-5H3,(H,15,17). The molecule has 0 rings (SSSR count). The fraction of sp³-hybridized carbons (Fsp3) is 0.923. The van der Waals surface area contributed by atoms with Gasteiger partial charge in [-0.3, -0.25) is 4.79 Å². The van der Waals surface area contributed by atoms with Crippen molar-refractivity contribution in [2.24, 2.45) is 11.7 Å². The van der Waals surface area contributed by atoms with Crippen LogP contribution in [0.25, 0.3) is 0 Å². The molecular weight excluding hydrogens is 214 g/mol. The van der Waals surface area contributed by atoms with E-state index in [0.717, 1.165) is 12.8 Å². The Kier molecular flexibility index (Phi) is 8.17. The number of hydrogen-bond donors (Lipinski definition) is 2. The average molecular weight is 243 g/mol. The van der Waals surface area contributed by atoms with Gasteiger partial charge in [0.1, 0.15) is 0 Å². The molecule has 0 aromatic heterocycles. The van der Waals surface area contributed by atoms with E-state index in [1.165, 1.54) is 0 Å². The van der Waals surface area contributed by atoms with Gasteiger partial charge in [-0.15, -0.1) is 0 Å². The van der Waals surface area contributed by atoms with Crippen molar-refractivity contribution >= 4 is 5.91 Å². The highest BCUT2D eigenvalue weighted by atomic mass is 16.1. The van der Waals surface area contributed by atoms with Gasteiger partial charge in [-0.25, -0.2) is 0 Å². The van der Waals surface area contributed by atoms with Crippen LogP contribution in [0, 0.1) is 5.92 Å². The molecular formula is C13H29N3O. The van der Waals surface area contributed by atoms with Crippen molar-refractivity contribution in [2.75, 3.05) is 20.6 Å². The second-order valence-corrected chi connectivity index (χ2v) is 5.33. The van der Waals surface area contributed by atoms with Gasteiger partial charge in [0.25, 0.3) is 0 Å². The molecule has 0 fully saturated rings. The van der Waals surface area contributed by atoms with E-state index >= 15 is 0 Å². The summed E-state index contributed by atoms with van der Waals surface area (Å²) in [6, 6.07) is 0.373. The molecule has 0 bridgehead atoms. The van der Waals surface area contributed by atoms with Crippen LogP contribution in [0.4, 0.5) is 0 Å². The summed E-state index contributed by atoms with van der Waals surface area (Å²) >= 11 is 0. The van der Waals surface area contributed by atoms with Gasteiger partial charge in [-0.05, 0) is 26.4 Å². The zero-order valence-electron chi connectivity index (χ0n) is 12.0. The van der Waals surface area contributed by atoms with Crippen molar-refractivity contribution in [3.05, 3.63) is 0 Å². The molecule has 2 atom stereocenters. The molecule has 1 amide bonds. The maximum Gasteiger partial charge on any atom is 0.221 e.